The van der Waals surface area contributed by atoms with Crippen molar-refractivity contribution in [2.75, 3.05) is 0 Å². The lowest BCUT2D eigenvalue weighted by molar-refractivity contribution is -0.138. The predicted octanol–water partition coefficient (Wildman–Crippen LogP) is 7.87. The first-order valence-corrected chi connectivity index (χ1v) is 12.9. The molecule has 0 saturated carbocycles. The molecule has 0 unspecified atom stereocenters. The van der Waals surface area contributed by atoms with Crippen LogP contribution in [0.25, 0.3) is 11.1 Å². The van der Waals surface area contributed by atoms with Crippen LogP contribution >= 0.6 is 0 Å². The van der Waals surface area contributed by atoms with Crippen LogP contribution in [0.4, 0.5) is 18.0 Å². The molecule has 5 rings (SSSR count). The van der Waals surface area contributed by atoms with Crippen molar-refractivity contribution in [2.45, 2.75) is 38.2 Å². The van der Waals surface area contributed by atoms with Crippen molar-refractivity contribution in [3.8, 4) is 22.6 Å². The molecule has 0 bridgehead atoms. The normalized spacial score (nSPS) is 16.9. The summed E-state index contributed by atoms with van der Waals surface area (Å²) < 4.78 is 53.0. The molecule has 2 atom stereocenters. The maximum Gasteiger partial charge on any atom is 0.416 e. The van der Waals surface area contributed by atoms with E-state index in [0.29, 0.717) is 11.1 Å². The van der Waals surface area contributed by atoms with Gasteiger partial charge in [-0.15, -0.1) is 0 Å². The van der Waals surface area contributed by atoms with E-state index in [1.807, 2.05) is 60.7 Å². The molecular weight excluding hydrogens is 535 g/mol. The molecule has 0 aliphatic carbocycles. The third-order valence-corrected chi connectivity index (χ3v) is 6.95. The minimum absolute atomic E-state index is 0.103. The largest absolute Gasteiger partial charge is 0.481 e. The monoisotopic (exact) mass is 561 g/mol. The van der Waals surface area contributed by atoms with Crippen molar-refractivity contribution >= 4 is 12.1 Å². The fourth-order valence-electron chi connectivity index (χ4n) is 4.88. The third-order valence-electron chi connectivity index (χ3n) is 6.95. The van der Waals surface area contributed by atoms with Crippen LogP contribution in [0, 0.1) is 0 Å². The van der Waals surface area contributed by atoms with Gasteiger partial charge in [-0.1, -0.05) is 72.8 Å². The second-order valence-corrected chi connectivity index (χ2v) is 9.77. The van der Waals surface area contributed by atoms with E-state index in [2.05, 4.69) is 0 Å². The number of hydrogen-bond donors (Lipinski definition) is 1. The fraction of sp³-hybridized carbons (Fsp3) is 0.188. The van der Waals surface area contributed by atoms with Crippen LogP contribution in [-0.4, -0.2) is 28.1 Å². The maximum absolute atomic E-state index is 13.7. The molecule has 41 heavy (non-hydrogen) atoms. The molecule has 0 spiro atoms. The highest BCUT2D eigenvalue weighted by atomic mass is 19.4. The van der Waals surface area contributed by atoms with Crippen molar-refractivity contribution < 1.29 is 37.3 Å². The summed E-state index contributed by atoms with van der Waals surface area (Å²) in [6.45, 7) is 1.58. The van der Waals surface area contributed by atoms with Crippen molar-refractivity contribution in [1.29, 1.82) is 0 Å². The Labute approximate surface area is 234 Å². The lowest BCUT2D eigenvalue weighted by Gasteiger charge is -2.23. The van der Waals surface area contributed by atoms with Crippen molar-refractivity contribution in [3.05, 3.63) is 119 Å². The lowest BCUT2D eigenvalue weighted by atomic mass is 10.0. The number of carbonyl (C=O) groups is 2. The molecule has 1 N–H and O–H groups in total. The van der Waals surface area contributed by atoms with Gasteiger partial charge in [-0.05, 0) is 47.9 Å². The Bertz CT molecular complexity index is 1560. The van der Waals surface area contributed by atoms with E-state index >= 15 is 0 Å². The van der Waals surface area contributed by atoms with Crippen LogP contribution in [0.2, 0.25) is 0 Å². The van der Waals surface area contributed by atoms with Gasteiger partial charge < -0.3 is 14.6 Å². The average molecular weight is 562 g/mol. The molecule has 9 heteroatoms. The summed E-state index contributed by atoms with van der Waals surface area (Å²) in [6.07, 6.45) is -6.11. The number of halogens is 3. The molecule has 1 amide bonds. The smallest absolute Gasteiger partial charge is 0.416 e. The van der Waals surface area contributed by atoms with Gasteiger partial charge in [-0.3, -0.25) is 9.69 Å². The lowest BCUT2D eigenvalue weighted by Crippen LogP contribution is -2.31. The number of carboxylic acids is 1. The van der Waals surface area contributed by atoms with Gasteiger partial charge in [0.15, 0.2) is 0 Å². The van der Waals surface area contributed by atoms with Crippen LogP contribution in [0.5, 0.6) is 11.5 Å². The molecule has 1 heterocycles. The second kappa shape index (κ2) is 11.4. The molecule has 4 aromatic rings. The zero-order valence-corrected chi connectivity index (χ0v) is 22.0. The number of amides is 1. The number of ether oxygens (including phenoxy) is 2. The molecule has 1 saturated heterocycles. The average Bonchev–Trinajstić information content (AvgIpc) is 3.22. The van der Waals surface area contributed by atoms with E-state index in [1.165, 1.54) is 11.0 Å². The molecule has 210 valence electrons. The number of cyclic esters (lactones) is 1. The van der Waals surface area contributed by atoms with Gasteiger partial charge in [0.05, 0.1) is 24.6 Å². The fourth-order valence-corrected chi connectivity index (χ4v) is 4.88. The van der Waals surface area contributed by atoms with E-state index in [0.717, 1.165) is 23.3 Å². The minimum Gasteiger partial charge on any atom is -0.481 e. The Hall–Kier alpha value is -4.79. The highest BCUT2D eigenvalue weighted by molar-refractivity contribution is 5.75. The zero-order valence-electron chi connectivity index (χ0n) is 22.0. The molecule has 4 aromatic carbocycles. The van der Waals surface area contributed by atoms with E-state index < -0.39 is 35.9 Å². The molecule has 6 nitrogen and oxygen atoms in total. The number of rotatable bonds is 8. The van der Waals surface area contributed by atoms with Crippen LogP contribution in [0.15, 0.2) is 97.1 Å². The third kappa shape index (κ3) is 6.19. The Morgan fingerprint density at radius 1 is 0.927 bits per heavy atom. The number of alkyl halides is 3. The van der Waals surface area contributed by atoms with Crippen LogP contribution in [0.3, 0.4) is 0 Å². The predicted molar refractivity (Wildman–Crippen MR) is 145 cm³/mol. The van der Waals surface area contributed by atoms with Gasteiger partial charge in [-0.25, -0.2) is 4.79 Å². The van der Waals surface area contributed by atoms with Crippen molar-refractivity contribution in [2.24, 2.45) is 0 Å². The summed E-state index contributed by atoms with van der Waals surface area (Å²) in [4.78, 5) is 25.6. The molecular formula is C32H26F3NO5. The van der Waals surface area contributed by atoms with Crippen molar-refractivity contribution in [1.82, 2.24) is 4.90 Å². The summed E-state index contributed by atoms with van der Waals surface area (Å²) in [7, 11) is 0. The Morgan fingerprint density at radius 3 is 2.27 bits per heavy atom. The molecule has 1 aliphatic heterocycles. The summed E-state index contributed by atoms with van der Waals surface area (Å²) in [6, 6.07) is 25.9. The van der Waals surface area contributed by atoms with E-state index in [-0.39, 0.29) is 30.0 Å². The second-order valence-electron chi connectivity index (χ2n) is 9.77. The number of carboxylic acid groups (broad SMARTS) is 1. The van der Waals surface area contributed by atoms with Gasteiger partial charge in [0.1, 0.15) is 17.6 Å². The van der Waals surface area contributed by atoms with Crippen LogP contribution < -0.4 is 4.74 Å². The first-order chi connectivity index (χ1) is 19.6. The first kappa shape index (κ1) is 27.8. The molecule has 1 fully saturated rings. The summed E-state index contributed by atoms with van der Waals surface area (Å²) in [5.41, 5.74) is 1.88. The minimum atomic E-state index is -4.62. The molecule has 0 radical (unpaired) electrons. The van der Waals surface area contributed by atoms with Gasteiger partial charge >= 0.3 is 18.2 Å². The van der Waals surface area contributed by atoms with Crippen LogP contribution in [0.1, 0.15) is 35.3 Å². The van der Waals surface area contributed by atoms with E-state index in [4.69, 9.17) is 9.47 Å². The topological polar surface area (TPSA) is 76.1 Å². The van der Waals surface area contributed by atoms with E-state index in [1.54, 1.807) is 25.1 Å². The SMILES string of the molecule is C[C@@H]1[C@H](c2ccccc2)OC(=O)N1Cc1cc(C(F)(F)F)ccc1Oc1cc(CC(=O)O)ccc1-c1ccccc1. The summed E-state index contributed by atoms with van der Waals surface area (Å²) in [5.74, 6) is -0.658. The quantitative estimate of drug-likeness (QED) is 0.237. The number of aliphatic carboxylic acids is 1. The first-order valence-electron chi connectivity index (χ1n) is 12.9. The number of carbonyl (C=O) groups excluding carboxylic acids is 1. The Morgan fingerprint density at radius 2 is 1.61 bits per heavy atom. The molecule has 0 aromatic heterocycles. The molecule has 1 aliphatic rings. The highest BCUT2D eigenvalue weighted by Gasteiger charge is 2.40. The summed E-state index contributed by atoms with van der Waals surface area (Å²) in [5, 5.41) is 9.30. The van der Waals surface area contributed by atoms with Crippen molar-refractivity contribution in [3.63, 3.8) is 0 Å². The number of benzene rings is 4. The highest BCUT2D eigenvalue weighted by Crippen LogP contribution is 2.40. The number of hydrogen-bond acceptors (Lipinski definition) is 4. The number of nitrogens with zero attached hydrogens (tertiary/aromatic N) is 1. The zero-order chi connectivity index (χ0) is 29.1. The maximum atomic E-state index is 13.7. The van der Waals surface area contributed by atoms with Gasteiger partial charge in [0.2, 0.25) is 0 Å². The van der Waals surface area contributed by atoms with E-state index in [9.17, 15) is 27.9 Å². The van der Waals surface area contributed by atoms with Crippen LogP contribution in [-0.2, 0) is 28.7 Å². The Balaban J connectivity index is 1.53. The van der Waals surface area contributed by atoms with Gasteiger partial charge in [-0.2, -0.15) is 13.2 Å². The van der Waals surface area contributed by atoms with Gasteiger partial charge in [0.25, 0.3) is 0 Å². The Kier molecular flexibility index (Phi) is 7.70. The summed E-state index contributed by atoms with van der Waals surface area (Å²) >= 11 is 0. The standard InChI is InChI=1S/C32H26F3NO5/c1-20-30(23-10-6-3-7-11-23)41-31(39)36(20)19-24-18-25(32(33,34)35)13-15-27(24)40-28-16-21(17-29(37)38)12-14-26(28)22-8-4-2-5-9-22/h2-16,18,20,30H,17,19H2,1H3,(H,37,38)/t20-,30-/m1/s1. The van der Waals surface area contributed by atoms with Gasteiger partial charge in [0, 0.05) is 11.1 Å².